The number of aryl methyl sites for hydroxylation is 1. The van der Waals surface area contributed by atoms with E-state index in [9.17, 15) is 18.0 Å². The van der Waals surface area contributed by atoms with Crippen LogP contribution in [0.15, 0.2) is 30.5 Å². The maximum Gasteiger partial charge on any atom is 0.387 e. The predicted molar refractivity (Wildman–Crippen MR) is 109 cm³/mol. The van der Waals surface area contributed by atoms with Crippen LogP contribution in [0.1, 0.15) is 21.7 Å². The molecule has 11 heteroatoms. The molecule has 2 aromatic heterocycles. The fourth-order valence-electron chi connectivity index (χ4n) is 3.81. The number of benzene rings is 1. The molecule has 1 aliphatic rings. The first-order chi connectivity index (χ1) is 15.3. The van der Waals surface area contributed by atoms with Gasteiger partial charge in [-0.25, -0.2) is 9.37 Å². The highest BCUT2D eigenvalue weighted by Crippen LogP contribution is 2.34. The van der Waals surface area contributed by atoms with E-state index in [4.69, 9.17) is 16.3 Å². The van der Waals surface area contributed by atoms with E-state index < -0.39 is 12.4 Å². The first-order valence-corrected chi connectivity index (χ1v) is 9.94. The van der Waals surface area contributed by atoms with E-state index in [-0.39, 0.29) is 28.9 Å². The lowest BCUT2D eigenvalue weighted by Crippen LogP contribution is -2.36. The molecule has 0 aliphatic carbocycles. The van der Waals surface area contributed by atoms with E-state index in [1.54, 1.807) is 18.0 Å². The Hall–Kier alpha value is -3.27. The van der Waals surface area contributed by atoms with Crippen LogP contribution >= 0.6 is 11.6 Å². The third kappa shape index (κ3) is 4.10. The number of carbonyl (C=O) groups is 1. The Morgan fingerprint density at radius 1 is 1.28 bits per heavy atom. The Balaban J connectivity index is 1.64. The molecule has 0 unspecified atom stereocenters. The number of hydrogen-bond donors (Lipinski definition) is 0. The minimum Gasteiger partial charge on any atom is -0.495 e. The normalized spacial score (nSPS) is 13.3. The number of methoxy groups -OCH3 is 1. The average Bonchev–Trinajstić information content (AvgIpc) is 3.07. The summed E-state index contributed by atoms with van der Waals surface area (Å²) in [5, 5.41) is 4.59. The number of aromatic nitrogens is 3. The minimum atomic E-state index is -3.07. The summed E-state index contributed by atoms with van der Waals surface area (Å²) in [6.07, 6.45) is 1.86. The number of alkyl halides is 2. The van der Waals surface area contributed by atoms with Crippen molar-refractivity contribution in [3.63, 3.8) is 0 Å². The molecule has 0 N–H and O–H groups in total. The van der Waals surface area contributed by atoms with Gasteiger partial charge in [-0.2, -0.15) is 13.9 Å². The number of amides is 1. The number of halogens is 4. The molecule has 0 spiro atoms. The predicted octanol–water partition coefficient (Wildman–Crippen LogP) is 4.08. The second kappa shape index (κ2) is 8.70. The van der Waals surface area contributed by atoms with Crippen LogP contribution in [0.2, 0.25) is 5.02 Å². The number of rotatable bonds is 5. The molecule has 168 valence electrons. The summed E-state index contributed by atoms with van der Waals surface area (Å²) in [5.74, 6) is -1.02. The van der Waals surface area contributed by atoms with E-state index in [0.29, 0.717) is 35.7 Å². The average molecular weight is 467 g/mol. The highest BCUT2D eigenvalue weighted by atomic mass is 35.5. The van der Waals surface area contributed by atoms with Crippen molar-refractivity contribution in [2.75, 3.05) is 13.7 Å². The van der Waals surface area contributed by atoms with Crippen LogP contribution < -0.4 is 9.47 Å². The van der Waals surface area contributed by atoms with Crippen molar-refractivity contribution in [1.29, 1.82) is 0 Å². The molecule has 0 radical (unpaired) electrons. The van der Waals surface area contributed by atoms with Gasteiger partial charge in [0.05, 0.1) is 25.0 Å². The topological polar surface area (TPSA) is 69.5 Å². The van der Waals surface area contributed by atoms with Gasteiger partial charge in [0.25, 0.3) is 5.91 Å². The molecule has 0 saturated carbocycles. The van der Waals surface area contributed by atoms with Gasteiger partial charge in [0.1, 0.15) is 22.3 Å². The fraction of sp³-hybridized carbons (Fsp3) is 0.286. The summed E-state index contributed by atoms with van der Waals surface area (Å²) in [5.41, 5.74) is 2.42. The molecule has 0 bridgehead atoms. The molecule has 7 nitrogen and oxygen atoms in total. The molecule has 0 saturated heterocycles. The summed E-state index contributed by atoms with van der Waals surface area (Å²) in [7, 11) is 3.11. The van der Waals surface area contributed by atoms with Crippen molar-refractivity contribution in [3.8, 4) is 22.8 Å². The molecular weight excluding hydrogens is 449 g/mol. The highest BCUT2D eigenvalue weighted by Gasteiger charge is 2.30. The van der Waals surface area contributed by atoms with Gasteiger partial charge in [0.2, 0.25) is 0 Å². The fourth-order valence-corrected chi connectivity index (χ4v) is 4.08. The molecular formula is C21H18ClF3N4O3. The van der Waals surface area contributed by atoms with Gasteiger partial charge in [0, 0.05) is 43.0 Å². The van der Waals surface area contributed by atoms with E-state index in [1.165, 1.54) is 30.1 Å². The molecule has 1 aliphatic heterocycles. The molecule has 32 heavy (non-hydrogen) atoms. The van der Waals surface area contributed by atoms with Crippen LogP contribution in [0.3, 0.4) is 0 Å². The lowest BCUT2D eigenvalue weighted by molar-refractivity contribution is -0.0499. The van der Waals surface area contributed by atoms with Crippen LogP contribution in [0.4, 0.5) is 13.2 Å². The van der Waals surface area contributed by atoms with E-state index in [2.05, 4.69) is 14.8 Å². The van der Waals surface area contributed by atoms with Crippen molar-refractivity contribution in [1.82, 2.24) is 19.7 Å². The summed E-state index contributed by atoms with van der Waals surface area (Å²) in [4.78, 5) is 18.6. The van der Waals surface area contributed by atoms with Crippen LogP contribution in [0.5, 0.6) is 11.5 Å². The summed E-state index contributed by atoms with van der Waals surface area (Å²) >= 11 is 6.24. The van der Waals surface area contributed by atoms with Crippen molar-refractivity contribution in [2.24, 2.45) is 7.05 Å². The van der Waals surface area contributed by atoms with E-state index in [1.807, 2.05) is 0 Å². The smallest absolute Gasteiger partial charge is 0.387 e. The zero-order chi connectivity index (χ0) is 23.0. The molecule has 1 amide bonds. The second-order valence-electron chi connectivity index (χ2n) is 7.10. The molecule has 0 fully saturated rings. The zero-order valence-electron chi connectivity index (χ0n) is 17.1. The standard InChI is InChI=1S/C21H18ClF3N4O3/c1-28-19(11-7-12(23)9-13(8-11)32-21(24)25)14-4-6-29(10-15(14)27-28)20(30)18-17(22)16(31-2)3-5-26-18/h3,5,7-9,21H,4,6,10H2,1-2H3. The van der Waals surface area contributed by atoms with Crippen molar-refractivity contribution >= 4 is 17.5 Å². The van der Waals surface area contributed by atoms with Crippen LogP contribution in [0, 0.1) is 5.82 Å². The summed E-state index contributed by atoms with van der Waals surface area (Å²) in [6.45, 7) is -2.54. The van der Waals surface area contributed by atoms with Gasteiger partial charge in [-0.05, 0) is 18.6 Å². The zero-order valence-corrected chi connectivity index (χ0v) is 17.9. The third-order valence-corrected chi connectivity index (χ3v) is 5.50. The molecule has 4 rings (SSSR count). The van der Waals surface area contributed by atoms with Crippen LogP contribution in [0.25, 0.3) is 11.3 Å². The molecule has 0 atom stereocenters. The van der Waals surface area contributed by atoms with E-state index in [0.717, 1.165) is 11.6 Å². The van der Waals surface area contributed by atoms with Gasteiger partial charge in [-0.15, -0.1) is 0 Å². The van der Waals surface area contributed by atoms with Gasteiger partial charge in [-0.1, -0.05) is 11.6 Å². The molecule has 1 aromatic carbocycles. The van der Waals surface area contributed by atoms with Crippen molar-refractivity contribution < 1.29 is 27.4 Å². The largest absolute Gasteiger partial charge is 0.495 e. The number of fused-ring (bicyclic) bond motifs is 1. The molecule has 3 aromatic rings. The van der Waals surface area contributed by atoms with Gasteiger partial charge < -0.3 is 14.4 Å². The van der Waals surface area contributed by atoms with Crippen molar-refractivity contribution in [3.05, 3.63) is 58.3 Å². The quantitative estimate of drug-likeness (QED) is 0.566. The van der Waals surface area contributed by atoms with E-state index >= 15 is 0 Å². The first-order valence-electron chi connectivity index (χ1n) is 9.56. The Morgan fingerprint density at radius 3 is 2.78 bits per heavy atom. The Bertz CT molecular complexity index is 1190. The summed E-state index contributed by atoms with van der Waals surface area (Å²) in [6, 6.07) is 5.02. The van der Waals surface area contributed by atoms with Gasteiger partial charge in [0.15, 0.2) is 5.69 Å². The number of pyridine rings is 1. The monoisotopic (exact) mass is 466 g/mol. The van der Waals surface area contributed by atoms with Crippen LogP contribution in [-0.4, -0.2) is 45.8 Å². The number of hydrogen-bond acceptors (Lipinski definition) is 5. The molecule has 3 heterocycles. The third-order valence-electron chi connectivity index (χ3n) is 5.13. The highest BCUT2D eigenvalue weighted by molar-refractivity contribution is 6.34. The van der Waals surface area contributed by atoms with Crippen molar-refractivity contribution in [2.45, 2.75) is 19.6 Å². The minimum absolute atomic E-state index is 0.0736. The Kier molecular flexibility index (Phi) is 5.96. The van der Waals surface area contributed by atoms with Gasteiger partial charge >= 0.3 is 6.61 Å². The lowest BCUT2D eigenvalue weighted by atomic mass is 9.99. The Labute approximate surface area is 186 Å². The van der Waals surface area contributed by atoms with Gasteiger partial charge in [-0.3, -0.25) is 9.48 Å². The SMILES string of the molecule is COc1ccnc(C(=O)N2CCc3c(nn(C)c3-c3cc(F)cc(OC(F)F)c3)C2)c1Cl. The number of carbonyl (C=O) groups excluding carboxylic acids is 1. The Morgan fingerprint density at radius 2 is 2.06 bits per heavy atom. The second-order valence-corrected chi connectivity index (χ2v) is 7.48. The summed E-state index contributed by atoms with van der Waals surface area (Å²) < 4.78 is 50.3. The maximum absolute atomic E-state index is 14.1. The maximum atomic E-state index is 14.1. The number of ether oxygens (including phenoxy) is 2. The first kappa shape index (κ1) is 21.9. The number of nitrogens with zero attached hydrogens (tertiary/aromatic N) is 4. The lowest BCUT2D eigenvalue weighted by Gasteiger charge is -2.26. The van der Waals surface area contributed by atoms with Crippen LogP contribution in [-0.2, 0) is 20.0 Å².